The zero-order valence-corrected chi connectivity index (χ0v) is 19.1. The van der Waals surface area contributed by atoms with Gasteiger partial charge in [0.15, 0.2) is 0 Å². The molecule has 176 valence electrons. The number of pyridine rings is 1. The number of hydrogen-bond acceptors (Lipinski definition) is 6. The van der Waals surface area contributed by atoms with Crippen LogP contribution in [0.15, 0.2) is 65.2 Å². The van der Waals surface area contributed by atoms with E-state index in [4.69, 9.17) is 9.26 Å². The third-order valence-electron chi connectivity index (χ3n) is 6.44. The van der Waals surface area contributed by atoms with Crippen LogP contribution in [0.25, 0.3) is 22.4 Å². The van der Waals surface area contributed by atoms with Crippen LogP contribution in [0.4, 0.5) is 5.69 Å². The van der Waals surface area contributed by atoms with Gasteiger partial charge >= 0.3 is 0 Å². The number of carbonyl (C=O) groups excluding carboxylic acids is 2. The fourth-order valence-corrected chi connectivity index (χ4v) is 4.37. The number of nitrogens with zero attached hydrogens (tertiary/aromatic N) is 3. The Hall–Kier alpha value is -4.04. The monoisotopic (exact) mass is 468 g/mol. The van der Waals surface area contributed by atoms with E-state index in [2.05, 4.69) is 15.5 Å². The molecule has 3 heterocycles. The van der Waals surface area contributed by atoms with Crippen molar-refractivity contribution in [1.82, 2.24) is 15.0 Å². The van der Waals surface area contributed by atoms with E-state index in [0.717, 1.165) is 24.1 Å². The quantitative estimate of drug-likeness (QED) is 0.463. The normalized spacial score (nSPS) is 15.8. The molecule has 1 aliphatic heterocycles. The molecular weight excluding hydrogens is 444 g/mol. The summed E-state index contributed by atoms with van der Waals surface area (Å²) < 4.78 is 10.9. The average Bonchev–Trinajstić information content (AvgIpc) is 3.68. The van der Waals surface area contributed by atoms with Gasteiger partial charge in [-0.15, -0.1) is 0 Å². The summed E-state index contributed by atoms with van der Waals surface area (Å²) in [4.78, 5) is 32.6. The Balaban J connectivity index is 1.30. The molecule has 2 fully saturated rings. The average molecular weight is 469 g/mol. The molecule has 0 bridgehead atoms. The van der Waals surface area contributed by atoms with E-state index in [-0.39, 0.29) is 11.8 Å². The maximum Gasteiger partial charge on any atom is 0.259 e. The molecule has 0 spiro atoms. The van der Waals surface area contributed by atoms with Crippen LogP contribution in [0.2, 0.25) is 0 Å². The van der Waals surface area contributed by atoms with E-state index in [1.807, 2.05) is 36.4 Å². The van der Waals surface area contributed by atoms with Crippen LogP contribution in [0.1, 0.15) is 45.2 Å². The van der Waals surface area contributed by atoms with Gasteiger partial charge in [0.05, 0.1) is 24.2 Å². The molecular formula is C27H24N4O4. The first-order valence-corrected chi connectivity index (χ1v) is 11.8. The molecule has 4 aromatic rings. The Morgan fingerprint density at radius 3 is 2.43 bits per heavy atom. The van der Waals surface area contributed by atoms with Crippen LogP contribution in [0, 0.1) is 0 Å². The maximum absolute atomic E-state index is 13.5. The Morgan fingerprint density at radius 2 is 1.71 bits per heavy atom. The zero-order valence-electron chi connectivity index (χ0n) is 19.1. The standard InChI is InChI=1S/C27H24N4O4/c32-25(28-20-10-8-19(9-11-20)27(33)31-12-14-34-15-13-31)21-16-22(17-6-7-17)29-26-23(21)24(30-35-26)18-4-2-1-3-5-18/h1-5,8-11,16-17H,6-7,12-15H2,(H,28,32). The Bertz CT molecular complexity index is 1390. The van der Waals surface area contributed by atoms with Crippen molar-refractivity contribution in [2.24, 2.45) is 0 Å². The molecule has 2 aromatic heterocycles. The van der Waals surface area contributed by atoms with Crippen molar-refractivity contribution in [3.8, 4) is 11.3 Å². The van der Waals surface area contributed by atoms with Gasteiger partial charge in [0.1, 0.15) is 5.69 Å². The molecule has 2 aliphatic rings. The van der Waals surface area contributed by atoms with Gasteiger partial charge in [-0.1, -0.05) is 35.5 Å². The number of rotatable bonds is 5. The van der Waals surface area contributed by atoms with E-state index in [0.29, 0.717) is 65.8 Å². The number of aromatic nitrogens is 2. The molecule has 6 rings (SSSR count). The summed E-state index contributed by atoms with van der Waals surface area (Å²) in [5, 5.41) is 7.81. The van der Waals surface area contributed by atoms with Crippen LogP contribution >= 0.6 is 0 Å². The predicted molar refractivity (Wildman–Crippen MR) is 130 cm³/mol. The van der Waals surface area contributed by atoms with E-state index in [1.165, 1.54) is 0 Å². The van der Waals surface area contributed by atoms with Crippen molar-refractivity contribution in [3.63, 3.8) is 0 Å². The molecule has 1 N–H and O–H groups in total. The molecule has 1 saturated carbocycles. The number of benzene rings is 2. The Kier molecular flexibility index (Phi) is 5.50. The van der Waals surface area contributed by atoms with E-state index in [1.54, 1.807) is 29.2 Å². The third-order valence-corrected chi connectivity index (χ3v) is 6.44. The minimum Gasteiger partial charge on any atom is -0.378 e. The number of hydrogen-bond donors (Lipinski definition) is 1. The van der Waals surface area contributed by atoms with Crippen LogP contribution < -0.4 is 5.32 Å². The van der Waals surface area contributed by atoms with Crippen LogP contribution in [0.3, 0.4) is 0 Å². The zero-order chi connectivity index (χ0) is 23.8. The number of fused-ring (bicyclic) bond motifs is 1. The first-order valence-electron chi connectivity index (χ1n) is 11.8. The Labute approximate surface area is 201 Å². The lowest BCUT2D eigenvalue weighted by Gasteiger charge is -2.26. The number of anilines is 1. The summed E-state index contributed by atoms with van der Waals surface area (Å²) in [5.74, 6) is 0.0433. The maximum atomic E-state index is 13.5. The first kappa shape index (κ1) is 21.5. The van der Waals surface area contributed by atoms with Gasteiger partial charge in [0.2, 0.25) is 0 Å². The molecule has 0 atom stereocenters. The van der Waals surface area contributed by atoms with E-state index < -0.39 is 0 Å². The fourth-order valence-electron chi connectivity index (χ4n) is 4.37. The summed E-state index contributed by atoms with van der Waals surface area (Å²) in [5.41, 5.74) is 4.32. The van der Waals surface area contributed by atoms with Gasteiger partial charge in [0, 0.05) is 41.5 Å². The summed E-state index contributed by atoms with van der Waals surface area (Å²) in [6.45, 7) is 2.27. The topological polar surface area (TPSA) is 97.6 Å². The lowest BCUT2D eigenvalue weighted by Crippen LogP contribution is -2.40. The number of nitrogens with one attached hydrogen (secondary N) is 1. The second-order valence-electron chi connectivity index (χ2n) is 8.88. The minimum atomic E-state index is -0.271. The van der Waals surface area contributed by atoms with Crippen molar-refractivity contribution in [2.45, 2.75) is 18.8 Å². The molecule has 2 aromatic carbocycles. The molecule has 35 heavy (non-hydrogen) atoms. The third kappa shape index (κ3) is 4.28. The lowest BCUT2D eigenvalue weighted by molar-refractivity contribution is 0.0303. The largest absolute Gasteiger partial charge is 0.378 e. The molecule has 2 amide bonds. The molecule has 8 heteroatoms. The molecule has 8 nitrogen and oxygen atoms in total. The minimum absolute atomic E-state index is 0.0342. The summed E-state index contributed by atoms with van der Waals surface area (Å²) in [6.07, 6.45) is 2.11. The van der Waals surface area contributed by atoms with Crippen LogP contribution in [0.5, 0.6) is 0 Å². The highest BCUT2D eigenvalue weighted by Gasteiger charge is 2.29. The van der Waals surface area contributed by atoms with Gasteiger partial charge < -0.3 is 19.5 Å². The molecule has 1 saturated heterocycles. The van der Waals surface area contributed by atoms with Crippen molar-refractivity contribution in [3.05, 3.63) is 77.5 Å². The second kappa shape index (κ2) is 8.96. The SMILES string of the molecule is O=C(Nc1ccc(C(=O)N2CCOCC2)cc1)c1cc(C2CC2)nc2onc(-c3ccccc3)c12. The number of morpholine rings is 1. The second-order valence-corrected chi connectivity index (χ2v) is 8.88. The highest BCUT2D eigenvalue weighted by Crippen LogP contribution is 2.41. The predicted octanol–water partition coefficient (Wildman–Crippen LogP) is 4.49. The molecule has 0 unspecified atom stereocenters. The van der Waals surface area contributed by atoms with Crippen LogP contribution in [-0.2, 0) is 4.74 Å². The van der Waals surface area contributed by atoms with Crippen molar-refractivity contribution in [2.75, 3.05) is 31.6 Å². The number of carbonyl (C=O) groups is 2. The lowest BCUT2D eigenvalue weighted by atomic mass is 10.0. The summed E-state index contributed by atoms with van der Waals surface area (Å²) >= 11 is 0. The smallest absolute Gasteiger partial charge is 0.259 e. The van der Waals surface area contributed by atoms with Crippen molar-refractivity contribution >= 4 is 28.6 Å². The molecule has 0 radical (unpaired) electrons. The van der Waals surface area contributed by atoms with Gasteiger partial charge in [0.25, 0.3) is 17.5 Å². The van der Waals surface area contributed by atoms with Gasteiger partial charge in [-0.3, -0.25) is 9.59 Å². The number of ether oxygens (including phenoxy) is 1. The van der Waals surface area contributed by atoms with Gasteiger partial charge in [-0.2, -0.15) is 0 Å². The highest BCUT2D eigenvalue weighted by molar-refractivity contribution is 6.14. The van der Waals surface area contributed by atoms with Crippen molar-refractivity contribution < 1.29 is 18.8 Å². The van der Waals surface area contributed by atoms with E-state index in [9.17, 15) is 9.59 Å². The number of amides is 2. The van der Waals surface area contributed by atoms with Gasteiger partial charge in [-0.25, -0.2) is 4.98 Å². The first-order chi connectivity index (χ1) is 17.2. The Morgan fingerprint density at radius 1 is 0.971 bits per heavy atom. The summed E-state index contributed by atoms with van der Waals surface area (Å²) in [7, 11) is 0. The fraction of sp³-hybridized carbons (Fsp3) is 0.259. The van der Waals surface area contributed by atoms with E-state index >= 15 is 0 Å². The molecule has 1 aliphatic carbocycles. The summed E-state index contributed by atoms with van der Waals surface area (Å²) in [6, 6.07) is 18.4. The van der Waals surface area contributed by atoms with Crippen molar-refractivity contribution in [1.29, 1.82) is 0 Å². The van der Waals surface area contributed by atoms with Gasteiger partial charge in [-0.05, 0) is 43.2 Å². The highest BCUT2D eigenvalue weighted by atomic mass is 16.5. The van der Waals surface area contributed by atoms with Crippen LogP contribution in [-0.4, -0.2) is 53.2 Å².